The molecule has 3 rings (SSSR count). The van der Waals surface area contributed by atoms with E-state index in [1.54, 1.807) is 6.92 Å². The lowest BCUT2D eigenvalue weighted by molar-refractivity contribution is -0.0405. The first-order valence-electron chi connectivity index (χ1n) is 7.15. The minimum absolute atomic E-state index is 0.0145. The Hall–Kier alpha value is -1.72. The zero-order valence-corrected chi connectivity index (χ0v) is 12.5. The van der Waals surface area contributed by atoms with Gasteiger partial charge in [-0.05, 0) is 31.9 Å². The van der Waals surface area contributed by atoms with Crippen LogP contribution in [0, 0.1) is 13.8 Å². The summed E-state index contributed by atoms with van der Waals surface area (Å²) in [6.07, 6.45) is 0.0449. The molecule has 2 unspecified atom stereocenters. The highest BCUT2D eigenvalue weighted by Crippen LogP contribution is 2.33. The molecule has 1 fully saturated rings. The fraction of sp³-hybridized carbons (Fsp3) is 0.500. The van der Waals surface area contributed by atoms with Gasteiger partial charge < -0.3 is 9.84 Å². The number of aryl methyl sites for hydroxylation is 2. The Kier molecular flexibility index (Phi) is 3.15. The van der Waals surface area contributed by atoms with Gasteiger partial charge in [0.1, 0.15) is 5.60 Å². The highest BCUT2D eigenvalue weighted by Gasteiger charge is 2.47. The number of aliphatic hydroxyl groups is 1. The topological polar surface area (TPSA) is 66.8 Å². The molecule has 1 saturated heterocycles. The molecule has 2 amide bonds. The van der Waals surface area contributed by atoms with E-state index in [1.165, 1.54) is 0 Å². The van der Waals surface area contributed by atoms with Gasteiger partial charge in [0.2, 0.25) is 0 Å². The Labute approximate surface area is 123 Å². The van der Waals surface area contributed by atoms with Crippen LogP contribution in [0.25, 0.3) is 0 Å². The van der Waals surface area contributed by atoms with Crippen LogP contribution in [0.5, 0.6) is 0 Å². The van der Waals surface area contributed by atoms with E-state index in [2.05, 4.69) is 0 Å². The highest BCUT2D eigenvalue weighted by atomic mass is 16.5. The van der Waals surface area contributed by atoms with Crippen LogP contribution in [0.15, 0.2) is 12.1 Å². The lowest BCUT2D eigenvalue weighted by Gasteiger charge is -2.29. The number of carbonyl (C=O) groups is 2. The molecule has 0 bridgehead atoms. The Bertz CT molecular complexity index is 598. The summed E-state index contributed by atoms with van der Waals surface area (Å²) in [4.78, 5) is 26.3. The van der Waals surface area contributed by atoms with E-state index in [0.717, 1.165) is 16.0 Å². The number of benzene rings is 1. The fourth-order valence-corrected chi connectivity index (χ4v) is 3.12. The van der Waals surface area contributed by atoms with Crippen LogP contribution in [-0.2, 0) is 4.74 Å². The summed E-state index contributed by atoms with van der Waals surface area (Å²) in [6, 6.07) is 3.69. The molecule has 112 valence electrons. The first-order valence-corrected chi connectivity index (χ1v) is 7.15. The van der Waals surface area contributed by atoms with Gasteiger partial charge in [0.15, 0.2) is 0 Å². The lowest BCUT2D eigenvalue weighted by Crippen LogP contribution is -2.49. The van der Waals surface area contributed by atoms with Crippen molar-refractivity contribution in [2.24, 2.45) is 0 Å². The molecule has 5 heteroatoms. The molecule has 0 aromatic heterocycles. The van der Waals surface area contributed by atoms with Gasteiger partial charge in [0, 0.05) is 13.0 Å². The SMILES string of the molecule is Cc1ccc(C)c2c1C(=O)N(CC1(O)CCOC1C)C2=O. The zero-order valence-electron chi connectivity index (χ0n) is 12.5. The number of nitrogens with zero attached hydrogens (tertiary/aromatic N) is 1. The van der Waals surface area contributed by atoms with E-state index in [9.17, 15) is 14.7 Å². The second-order valence-corrected chi connectivity index (χ2v) is 6.01. The quantitative estimate of drug-likeness (QED) is 0.837. The standard InChI is InChI=1S/C16H19NO4/c1-9-4-5-10(2)13-12(9)14(18)17(15(13)19)8-16(20)6-7-21-11(16)3/h4-5,11,20H,6-8H2,1-3H3. The predicted octanol–water partition coefficient (Wildman–Crippen LogP) is 1.44. The lowest BCUT2D eigenvalue weighted by atomic mass is 9.96. The molecule has 5 nitrogen and oxygen atoms in total. The molecule has 0 spiro atoms. The number of rotatable bonds is 2. The van der Waals surface area contributed by atoms with Gasteiger partial charge in [-0.25, -0.2) is 0 Å². The van der Waals surface area contributed by atoms with Crippen LogP contribution in [-0.4, -0.2) is 46.7 Å². The van der Waals surface area contributed by atoms with Gasteiger partial charge in [-0.1, -0.05) is 12.1 Å². The minimum Gasteiger partial charge on any atom is -0.385 e. The number of β-amino-alcohol motifs (C(OH)–C–C–N with tert-alkyl or cyclic N) is 1. The third kappa shape index (κ3) is 2.00. The summed E-state index contributed by atoms with van der Waals surface area (Å²) in [7, 11) is 0. The Balaban J connectivity index is 1.97. The smallest absolute Gasteiger partial charge is 0.261 e. The Morgan fingerprint density at radius 1 is 1.24 bits per heavy atom. The number of ether oxygens (including phenoxy) is 1. The molecule has 2 heterocycles. The Morgan fingerprint density at radius 2 is 1.76 bits per heavy atom. The molecule has 1 aromatic carbocycles. The van der Waals surface area contributed by atoms with Crippen LogP contribution in [0.3, 0.4) is 0 Å². The maximum absolute atomic E-state index is 12.6. The van der Waals surface area contributed by atoms with E-state index in [1.807, 2.05) is 26.0 Å². The number of amides is 2. The van der Waals surface area contributed by atoms with E-state index in [0.29, 0.717) is 24.2 Å². The van der Waals surface area contributed by atoms with Gasteiger partial charge in [-0.3, -0.25) is 14.5 Å². The van der Waals surface area contributed by atoms with Crippen molar-refractivity contribution in [1.82, 2.24) is 4.90 Å². The van der Waals surface area contributed by atoms with Crippen molar-refractivity contribution in [2.45, 2.75) is 38.9 Å². The number of imide groups is 1. The summed E-state index contributed by atoms with van der Waals surface area (Å²) >= 11 is 0. The molecule has 21 heavy (non-hydrogen) atoms. The van der Waals surface area contributed by atoms with Crippen LogP contribution < -0.4 is 0 Å². The van der Waals surface area contributed by atoms with Crippen molar-refractivity contribution in [2.75, 3.05) is 13.2 Å². The summed E-state index contributed by atoms with van der Waals surface area (Å²) in [6.45, 7) is 5.84. The summed E-state index contributed by atoms with van der Waals surface area (Å²) in [5, 5.41) is 10.6. The first-order chi connectivity index (χ1) is 9.85. The molecule has 2 aliphatic heterocycles. The predicted molar refractivity (Wildman–Crippen MR) is 76.3 cm³/mol. The maximum atomic E-state index is 12.6. The van der Waals surface area contributed by atoms with Gasteiger partial charge in [0.25, 0.3) is 11.8 Å². The average Bonchev–Trinajstić information content (AvgIpc) is 2.88. The van der Waals surface area contributed by atoms with Gasteiger partial charge >= 0.3 is 0 Å². The van der Waals surface area contributed by atoms with Crippen molar-refractivity contribution in [3.8, 4) is 0 Å². The summed E-state index contributed by atoms with van der Waals surface area (Å²) < 4.78 is 5.37. The van der Waals surface area contributed by atoms with E-state index in [-0.39, 0.29) is 24.5 Å². The van der Waals surface area contributed by atoms with E-state index in [4.69, 9.17) is 4.74 Å². The largest absolute Gasteiger partial charge is 0.385 e. The van der Waals surface area contributed by atoms with Crippen molar-refractivity contribution in [1.29, 1.82) is 0 Å². The first kappa shape index (κ1) is 14.2. The van der Waals surface area contributed by atoms with E-state index >= 15 is 0 Å². The number of hydrogen-bond acceptors (Lipinski definition) is 4. The molecule has 0 radical (unpaired) electrons. The third-order valence-corrected chi connectivity index (χ3v) is 4.63. The molecule has 1 N–H and O–H groups in total. The maximum Gasteiger partial charge on any atom is 0.261 e. The van der Waals surface area contributed by atoms with Crippen LogP contribution in [0.1, 0.15) is 45.2 Å². The minimum atomic E-state index is -1.16. The molecule has 2 atom stereocenters. The van der Waals surface area contributed by atoms with Crippen molar-refractivity contribution in [3.63, 3.8) is 0 Å². The van der Waals surface area contributed by atoms with Crippen molar-refractivity contribution in [3.05, 3.63) is 34.4 Å². The summed E-state index contributed by atoms with van der Waals surface area (Å²) in [5.41, 5.74) is 1.36. The van der Waals surface area contributed by atoms with Gasteiger partial charge in [-0.15, -0.1) is 0 Å². The molecule has 0 aliphatic carbocycles. The van der Waals surface area contributed by atoms with Gasteiger partial charge in [0.05, 0.1) is 23.8 Å². The molecular formula is C16H19NO4. The average molecular weight is 289 g/mol. The van der Waals surface area contributed by atoms with Crippen LogP contribution >= 0.6 is 0 Å². The van der Waals surface area contributed by atoms with E-state index < -0.39 is 5.60 Å². The zero-order chi connectivity index (χ0) is 15.4. The molecule has 1 aromatic rings. The van der Waals surface area contributed by atoms with Crippen LogP contribution in [0.2, 0.25) is 0 Å². The fourth-order valence-electron chi connectivity index (χ4n) is 3.12. The normalized spacial score (nSPS) is 28.4. The van der Waals surface area contributed by atoms with Crippen LogP contribution in [0.4, 0.5) is 0 Å². The van der Waals surface area contributed by atoms with Gasteiger partial charge in [-0.2, -0.15) is 0 Å². The molecule has 2 aliphatic rings. The molecule has 0 saturated carbocycles. The highest BCUT2D eigenvalue weighted by molar-refractivity contribution is 6.22. The second kappa shape index (κ2) is 4.64. The van der Waals surface area contributed by atoms with Crippen molar-refractivity contribution < 1.29 is 19.4 Å². The Morgan fingerprint density at radius 3 is 2.19 bits per heavy atom. The molecular weight excluding hydrogens is 270 g/mol. The third-order valence-electron chi connectivity index (χ3n) is 4.63. The number of carbonyl (C=O) groups excluding carboxylic acids is 2. The number of hydrogen-bond donors (Lipinski definition) is 1. The second-order valence-electron chi connectivity index (χ2n) is 6.01. The number of fused-ring (bicyclic) bond motifs is 1. The summed E-state index contributed by atoms with van der Waals surface area (Å²) in [5.74, 6) is -0.632. The monoisotopic (exact) mass is 289 g/mol. The van der Waals surface area contributed by atoms with Crippen molar-refractivity contribution >= 4 is 11.8 Å².